The zero-order chi connectivity index (χ0) is 27.6. The smallest absolute Gasteiger partial charge is 0.226 e. The number of amides is 1. The van der Waals surface area contributed by atoms with E-state index in [1.807, 2.05) is 26.0 Å². The van der Waals surface area contributed by atoms with Crippen molar-refractivity contribution in [1.82, 2.24) is 4.90 Å². The summed E-state index contributed by atoms with van der Waals surface area (Å²) in [4.78, 5) is 14.6. The Morgan fingerprint density at radius 2 is 1.59 bits per heavy atom. The number of likely N-dealkylation sites (tertiary alicyclic amines) is 1. The Labute approximate surface area is 231 Å². The van der Waals surface area contributed by atoms with Gasteiger partial charge in [-0.3, -0.25) is 4.79 Å². The van der Waals surface area contributed by atoms with E-state index in [4.69, 9.17) is 4.74 Å². The fourth-order valence-corrected chi connectivity index (χ4v) is 5.14. The van der Waals surface area contributed by atoms with Gasteiger partial charge in [-0.25, -0.2) is 8.78 Å². The lowest BCUT2D eigenvalue weighted by molar-refractivity contribution is -0.118. The van der Waals surface area contributed by atoms with Crippen molar-refractivity contribution in [3.05, 3.63) is 95.6 Å². The first-order valence-corrected chi connectivity index (χ1v) is 14.2. The van der Waals surface area contributed by atoms with E-state index in [9.17, 15) is 13.6 Å². The van der Waals surface area contributed by atoms with Crippen molar-refractivity contribution >= 4 is 11.6 Å². The molecule has 1 saturated heterocycles. The highest BCUT2D eigenvalue weighted by atomic mass is 19.1. The van der Waals surface area contributed by atoms with Crippen LogP contribution in [-0.2, 0) is 4.79 Å². The molecule has 208 valence electrons. The average molecular weight is 535 g/mol. The van der Waals surface area contributed by atoms with Crippen molar-refractivity contribution in [3.8, 4) is 5.75 Å². The molecule has 0 bridgehead atoms. The number of hydrogen-bond acceptors (Lipinski definition) is 3. The van der Waals surface area contributed by atoms with Crippen LogP contribution in [-0.4, -0.2) is 30.4 Å². The Hall–Kier alpha value is -3.25. The van der Waals surface area contributed by atoms with Crippen molar-refractivity contribution in [2.75, 3.05) is 25.0 Å². The SMILES string of the molecule is CC(C)C(=O)Nc1cccc(C2CCN(CCCCCC(Oc3ccc(F)cc3)c3ccc(F)cc3)CC2)c1. The van der Waals surface area contributed by atoms with Gasteiger partial charge in [0.25, 0.3) is 0 Å². The lowest BCUT2D eigenvalue weighted by Gasteiger charge is -2.32. The molecular weight excluding hydrogens is 494 g/mol. The molecule has 3 aromatic carbocycles. The van der Waals surface area contributed by atoms with E-state index in [0.29, 0.717) is 11.7 Å². The summed E-state index contributed by atoms with van der Waals surface area (Å²) in [6, 6.07) is 20.8. The van der Waals surface area contributed by atoms with E-state index in [0.717, 1.165) is 69.4 Å². The minimum absolute atomic E-state index is 0.0342. The summed E-state index contributed by atoms with van der Waals surface area (Å²) < 4.78 is 32.9. The molecule has 4 nitrogen and oxygen atoms in total. The maximum absolute atomic E-state index is 13.5. The summed E-state index contributed by atoms with van der Waals surface area (Å²) in [7, 11) is 0. The molecule has 1 amide bonds. The van der Waals surface area contributed by atoms with Crippen LogP contribution >= 0.6 is 0 Å². The molecular formula is C33H40F2N2O2. The molecule has 1 aliphatic rings. The highest BCUT2D eigenvalue weighted by Gasteiger charge is 2.21. The second kappa shape index (κ2) is 14.2. The van der Waals surface area contributed by atoms with Gasteiger partial charge in [0.05, 0.1) is 0 Å². The summed E-state index contributed by atoms with van der Waals surface area (Å²) in [5.41, 5.74) is 3.12. The Kier molecular flexibility index (Phi) is 10.5. The predicted molar refractivity (Wildman–Crippen MR) is 153 cm³/mol. The number of benzene rings is 3. The van der Waals surface area contributed by atoms with Gasteiger partial charge in [0.2, 0.25) is 5.91 Å². The number of carbonyl (C=O) groups is 1. The standard InChI is InChI=1S/C33H40F2N2O2/c1-24(2)33(38)36-30-8-6-7-27(23-30)25-18-21-37(22-19-25)20-5-3-4-9-32(26-10-12-28(34)13-11-26)39-31-16-14-29(35)15-17-31/h6-8,10-17,23-25,32H,3-5,9,18-22H2,1-2H3,(H,36,38). The first-order valence-electron chi connectivity index (χ1n) is 14.2. The molecule has 0 saturated carbocycles. The number of halogens is 2. The van der Waals surface area contributed by atoms with E-state index in [2.05, 4.69) is 22.3 Å². The van der Waals surface area contributed by atoms with E-state index in [1.165, 1.54) is 29.8 Å². The highest BCUT2D eigenvalue weighted by Crippen LogP contribution is 2.31. The molecule has 1 atom stereocenters. The van der Waals surface area contributed by atoms with Crippen LogP contribution in [0, 0.1) is 17.6 Å². The van der Waals surface area contributed by atoms with Crippen LogP contribution in [0.3, 0.4) is 0 Å². The van der Waals surface area contributed by atoms with Crippen molar-refractivity contribution in [2.45, 2.75) is 64.4 Å². The number of anilines is 1. The molecule has 1 fully saturated rings. The predicted octanol–water partition coefficient (Wildman–Crippen LogP) is 8.12. The first kappa shape index (κ1) is 28.8. The third kappa shape index (κ3) is 8.89. The van der Waals surface area contributed by atoms with Gasteiger partial charge in [-0.2, -0.15) is 0 Å². The quantitative estimate of drug-likeness (QED) is 0.239. The number of ether oxygens (including phenoxy) is 1. The van der Waals surface area contributed by atoms with Crippen molar-refractivity contribution in [2.24, 2.45) is 5.92 Å². The van der Waals surface area contributed by atoms with Gasteiger partial charge in [-0.05, 0) is 117 Å². The lowest BCUT2D eigenvalue weighted by Crippen LogP contribution is -2.33. The van der Waals surface area contributed by atoms with Crippen molar-refractivity contribution in [1.29, 1.82) is 0 Å². The van der Waals surface area contributed by atoms with Gasteiger partial charge < -0.3 is 15.0 Å². The Morgan fingerprint density at radius 3 is 2.26 bits per heavy atom. The topological polar surface area (TPSA) is 41.6 Å². The maximum Gasteiger partial charge on any atom is 0.226 e. The van der Waals surface area contributed by atoms with Crippen LogP contribution in [0.5, 0.6) is 5.75 Å². The van der Waals surface area contributed by atoms with E-state index in [1.54, 1.807) is 24.3 Å². The van der Waals surface area contributed by atoms with Crippen LogP contribution in [0.4, 0.5) is 14.5 Å². The number of piperidine rings is 1. The van der Waals surface area contributed by atoms with Crippen molar-refractivity contribution in [3.63, 3.8) is 0 Å². The zero-order valence-corrected chi connectivity index (χ0v) is 23.0. The summed E-state index contributed by atoms with van der Waals surface area (Å²) in [5, 5.41) is 3.02. The fourth-order valence-electron chi connectivity index (χ4n) is 5.14. The van der Waals surface area contributed by atoms with Crippen LogP contribution in [0.25, 0.3) is 0 Å². The number of hydrogen-bond donors (Lipinski definition) is 1. The summed E-state index contributed by atoms with van der Waals surface area (Å²) in [6.07, 6.45) is 6.06. The minimum atomic E-state index is -0.298. The molecule has 1 unspecified atom stereocenters. The van der Waals surface area contributed by atoms with Crippen molar-refractivity contribution < 1.29 is 18.3 Å². The molecule has 6 heteroatoms. The number of nitrogens with one attached hydrogen (secondary N) is 1. The van der Waals surface area contributed by atoms with Gasteiger partial charge in [-0.15, -0.1) is 0 Å². The van der Waals surface area contributed by atoms with Gasteiger partial charge in [0, 0.05) is 11.6 Å². The monoisotopic (exact) mass is 534 g/mol. The molecule has 1 aliphatic heterocycles. The first-order chi connectivity index (χ1) is 18.9. The van der Waals surface area contributed by atoms with Gasteiger partial charge in [-0.1, -0.05) is 44.5 Å². The van der Waals surface area contributed by atoms with Gasteiger partial charge >= 0.3 is 0 Å². The second-order valence-corrected chi connectivity index (χ2v) is 10.8. The number of unbranched alkanes of at least 4 members (excludes halogenated alkanes) is 2. The molecule has 4 rings (SSSR count). The van der Waals surface area contributed by atoms with Gasteiger partial charge in [0.1, 0.15) is 23.5 Å². The largest absolute Gasteiger partial charge is 0.486 e. The number of carbonyl (C=O) groups excluding carboxylic acids is 1. The molecule has 1 heterocycles. The Morgan fingerprint density at radius 1 is 0.923 bits per heavy atom. The molecule has 0 aliphatic carbocycles. The van der Waals surface area contributed by atoms with Crippen LogP contribution < -0.4 is 10.1 Å². The Balaban J connectivity index is 1.20. The third-order valence-corrected chi connectivity index (χ3v) is 7.51. The second-order valence-electron chi connectivity index (χ2n) is 10.8. The fraction of sp³-hybridized carbons (Fsp3) is 0.424. The van der Waals surface area contributed by atoms with E-state index in [-0.39, 0.29) is 29.6 Å². The number of nitrogens with zero attached hydrogens (tertiary/aromatic N) is 1. The minimum Gasteiger partial charge on any atom is -0.486 e. The molecule has 0 radical (unpaired) electrons. The molecule has 0 aromatic heterocycles. The molecule has 0 spiro atoms. The normalized spacial score (nSPS) is 15.3. The molecule has 3 aromatic rings. The van der Waals surface area contributed by atoms with E-state index >= 15 is 0 Å². The summed E-state index contributed by atoms with van der Waals surface area (Å²) >= 11 is 0. The zero-order valence-electron chi connectivity index (χ0n) is 23.0. The third-order valence-electron chi connectivity index (χ3n) is 7.51. The lowest BCUT2D eigenvalue weighted by atomic mass is 9.89. The Bertz CT molecular complexity index is 1170. The average Bonchev–Trinajstić information content (AvgIpc) is 2.94. The van der Waals surface area contributed by atoms with E-state index < -0.39 is 0 Å². The summed E-state index contributed by atoms with van der Waals surface area (Å²) in [5.74, 6) is 0.585. The molecule has 1 N–H and O–H groups in total. The van der Waals surface area contributed by atoms with Crippen LogP contribution in [0.2, 0.25) is 0 Å². The maximum atomic E-state index is 13.5. The van der Waals surface area contributed by atoms with Crippen LogP contribution in [0.15, 0.2) is 72.8 Å². The number of rotatable bonds is 12. The molecule has 39 heavy (non-hydrogen) atoms. The summed E-state index contributed by atoms with van der Waals surface area (Å²) in [6.45, 7) is 7.05. The van der Waals surface area contributed by atoms with Gasteiger partial charge in [0.15, 0.2) is 0 Å². The highest BCUT2D eigenvalue weighted by molar-refractivity contribution is 5.92. The van der Waals surface area contributed by atoms with Crippen LogP contribution in [0.1, 0.15) is 75.5 Å².